The van der Waals surface area contributed by atoms with Crippen molar-refractivity contribution in [2.75, 3.05) is 6.54 Å². The highest BCUT2D eigenvalue weighted by Gasteiger charge is 2.05. The van der Waals surface area contributed by atoms with Crippen LogP contribution in [0.4, 0.5) is 0 Å². The fourth-order valence-electron chi connectivity index (χ4n) is 1.82. The quantitative estimate of drug-likeness (QED) is 0.832. The molecule has 0 aliphatic heterocycles. The van der Waals surface area contributed by atoms with Crippen LogP contribution in [-0.2, 0) is 6.42 Å². The van der Waals surface area contributed by atoms with Gasteiger partial charge < -0.3 is 5.32 Å². The molecule has 2 rings (SSSR count). The number of benzene rings is 2. The van der Waals surface area contributed by atoms with E-state index in [1.165, 1.54) is 5.56 Å². The van der Waals surface area contributed by atoms with E-state index in [9.17, 15) is 9.59 Å². The molecule has 3 heteroatoms. The third kappa shape index (κ3) is 3.78. The maximum Gasteiger partial charge on any atom is 0.251 e. The lowest BCUT2D eigenvalue weighted by molar-refractivity contribution is 0.0954. The zero-order valence-electron chi connectivity index (χ0n) is 10.5. The minimum absolute atomic E-state index is 0.153. The van der Waals surface area contributed by atoms with E-state index in [2.05, 4.69) is 5.32 Å². The maximum absolute atomic E-state index is 11.9. The summed E-state index contributed by atoms with van der Waals surface area (Å²) in [6, 6.07) is 16.6. The SMILES string of the molecule is O=Cc1cccc(C(=O)NCCc2ccccc2)c1. The molecule has 1 N–H and O–H groups in total. The van der Waals surface area contributed by atoms with Gasteiger partial charge in [-0.1, -0.05) is 42.5 Å². The van der Waals surface area contributed by atoms with E-state index in [0.717, 1.165) is 12.7 Å². The van der Waals surface area contributed by atoms with Crippen LogP contribution in [0.5, 0.6) is 0 Å². The van der Waals surface area contributed by atoms with Gasteiger partial charge in [-0.05, 0) is 24.1 Å². The molecule has 2 aromatic rings. The van der Waals surface area contributed by atoms with Crippen molar-refractivity contribution in [1.29, 1.82) is 0 Å². The van der Waals surface area contributed by atoms with Crippen LogP contribution < -0.4 is 5.32 Å². The van der Waals surface area contributed by atoms with Gasteiger partial charge in [0.15, 0.2) is 0 Å². The van der Waals surface area contributed by atoms with Crippen LogP contribution in [0.2, 0.25) is 0 Å². The molecule has 0 aliphatic rings. The number of hydrogen-bond donors (Lipinski definition) is 1. The van der Waals surface area contributed by atoms with Crippen molar-refractivity contribution in [3.8, 4) is 0 Å². The molecule has 0 fully saturated rings. The van der Waals surface area contributed by atoms with Crippen LogP contribution in [0.15, 0.2) is 54.6 Å². The molecule has 0 bridgehead atoms. The van der Waals surface area contributed by atoms with Crippen molar-refractivity contribution in [2.24, 2.45) is 0 Å². The van der Waals surface area contributed by atoms with Crippen LogP contribution in [0.25, 0.3) is 0 Å². The van der Waals surface area contributed by atoms with E-state index in [4.69, 9.17) is 0 Å². The van der Waals surface area contributed by atoms with Crippen molar-refractivity contribution >= 4 is 12.2 Å². The topological polar surface area (TPSA) is 46.2 Å². The van der Waals surface area contributed by atoms with Gasteiger partial charge in [-0.3, -0.25) is 9.59 Å². The largest absolute Gasteiger partial charge is 0.352 e. The Bertz CT molecular complexity index is 564. The zero-order chi connectivity index (χ0) is 13.5. The lowest BCUT2D eigenvalue weighted by Gasteiger charge is -2.05. The van der Waals surface area contributed by atoms with Gasteiger partial charge in [-0.25, -0.2) is 0 Å². The molecule has 2 aromatic carbocycles. The second-order valence-corrected chi connectivity index (χ2v) is 4.23. The van der Waals surface area contributed by atoms with Gasteiger partial charge >= 0.3 is 0 Å². The maximum atomic E-state index is 11.9. The Hall–Kier alpha value is -2.42. The first kappa shape index (κ1) is 13.0. The van der Waals surface area contributed by atoms with Crippen molar-refractivity contribution < 1.29 is 9.59 Å². The lowest BCUT2D eigenvalue weighted by atomic mass is 10.1. The monoisotopic (exact) mass is 253 g/mol. The van der Waals surface area contributed by atoms with Gasteiger partial charge in [0.1, 0.15) is 6.29 Å². The van der Waals surface area contributed by atoms with E-state index in [1.54, 1.807) is 24.3 Å². The minimum Gasteiger partial charge on any atom is -0.352 e. The summed E-state index contributed by atoms with van der Waals surface area (Å²) in [5.74, 6) is -0.153. The molecule has 0 radical (unpaired) electrons. The Morgan fingerprint density at radius 3 is 2.58 bits per heavy atom. The third-order valence-electron chi connectivity index (χ3n) is 2.83. The Labute approximate surface area is 112 Å². The number of carbonyl (C=O) groups is 2. The molecule has 0 heterocycles. The van der Waals surface area contributed by atoms with Crippen molar-refractivity contribution in [3.05, 3.63) is 71.3 Å². The average Bonchev–Trinajstić information content (AvgIpc) is 2.48. The number of nitrogens with one attached hydrogen (secondary N) is 1. The summed E-state index contributed by atoms with van der Waals surface area (Å²) in [7, 11) is 0. The Balaban J connectivity index is 1.89. The first-order valence-corrected chi connectivity index (χ1v) is 6.17. The molecule has 96 valence electrons. The van der Waals surface area contributed by atoms with E-state index in [-0.39, 0.29) is 5.91 Å². The Morgan fingerprint density at radius 2 is 1.84 bits per heavy atom. The van der Waals surface area contributed by atoms with E-state index in [1.807, 2.05) is 30.3 Å². The highest BCUT2D eigenvalue weighted by atomic mass is 16.1. The Kier molecular flexibility index (Phi) is 4.45. The Morgan fingerprint density at radius 1 is 1.05 bits per heavy atom. The van der Waals surface area contributed by atoms with E-state index in [0.29, 0.717) is 17.7 Å². The molecule has 0 saturated heterocycles. The molecule has 0 aromatic heterocycles. The summed E-state index contributed by atoms with van der Waals surface area (Å²) in [5, 5.41) is 2.84. The zero-order valence-corrected chi connectivity index (χ0v) is 10.5. The molecule has 0 atom stereocenters. The van der Waals surface area contributed by atoms with Crippen molar-refractivity contribution in [2.45, 2.75) is 6.42 Å². The number of rotatable bonds is 5. The predicted octanol–water partition coefficient (Wildman–Crippen LogP) is 2.47. The average molecular weight is 253 g/mol. The highest BCUT2D eigenvalue weighted by molar-refractivity contribution is 5.95. The second kappa shape index (κ2) is 6.50. The fraction of sp³-hybridized carbons (Fsp3) is 0.125. The van der Waals surface area contributed by atoms with Crippen LogP contribution in [0, 0.1) is 0 Å². The van der Waals surface area contributed by atoms with Crippen LogP contribution in [-0.4, -0.2) is 18.7 Å². The first-order chi connectivity index (χ1) is 9.29. The molecule has 1 amide bonds. The summed E-state index contributed by atoms with van der Waals surface area (Å²) >= 11 is 0. The molecule has 0 unspecified atom stereocenters. The van der Waals surface area contributed by atoms with Gasteiger partial charge in [0.05, 0.1) is 0 Å². The van der Waals surface area contributed by atoms with Gasteiger partial charge in [-0.2, -0.15) is 0 Å². The van der Waals surface area contributed by atoms with E-state index < -0.39 is 0 Å². The minimum atomic E-state index is -0.153. The van der Waals surface area contributed by atoms with Gasteiger partial charge in [0.25, 0.3) is 5.91 Å². The normalized spacial score (nSPS) is 9.89. The summed E-state index contributed by atoms with van der Waals surface area (Å²) in [6.45, 7) is 0.578. The lowest BCUT2D eigenvalue weighted by Crippen LogP contribution is -2.25. The predicted molar refractivity (Wildman–Crippen MR) is 74.3 cm³/mol. The molecule has 0 spiro atoms. The molecule has 0 saturated carbocycles. The molecular weight excluding hydrogens is 238 g/mol. The van der Waals surface area contributed by atoms with Crippen LogP contribution >= 0.6 is 0 Å². The van der Waals surface area contributed by atoms with Gasteiger partial charge in [0.2, 0.25) is 0 Å². The van der Waals surface area contributed by atoms with Crippen LogP contribution in [0.3, 0.4) is 0 Å². The summed E-state index contributed by atoms with van der Waals surface area (Å²) in [5.41, 5.74) is 2.21. The highest BCUT2D eigenvalue weighted by Crippen LogP contribution is 2.03. The number of amides is 1. The number of carbonyl (C=O) groups excluding carboxylic acids is 2. The number of hydrogen-bond acceptors (Lipinski definition) is 2. The molecule has 3 nitrogen and oxygen atoms in total. The smallest absolute Gasteiger partial charge is 0.251 e. The standard InChI is InChI=1S/C16H15NO2/c18-12-14-7-4-8-15(11-14)16(19)17-10-9-13-5-2-1-3-6-13/h1-8,11-12H,9-10H2,(H,17,19). The number of aldehydes is 1. The van der Waals surface area contributed by atoms with Crippen molar-refractivity contribution in [3.63, 3.8) is 0 Å². The molecular formula is C16H15NO2. The summed E-state index contributed by atoms with van der Waals surface area (Å²) in [6.07, 6.45) is 1.53. The second-order valence-electron chi connectivity index (χ2n) is 4.23. The van der Waals surface area contributed by atoms with Gasteiger partial charge in [0, 0.05) is 17.7 Å². The summed E-state index contributed by atoms with van der Waals surface area (Å²) in [4.78, 5) is 22.5. The van der Waals surface area contributed by atoms with Gasteiger partial charge in [-0.15, -0.1) is 0 Å². The van der Waals surface area contributed by atoms with Crippen molar-refractivity contribution in [1.82, 2.24) is 5.32 Å². The third-order valence-corrected chi connectivity index (χ3v) is 2.83. The van der Waals surface area contributed by atoms with Crippen LogP contribution in [0.1, 0.15) is 26.3 Å². The fourth-order valence-corrected chi connectivity index (χ4v) is 1.82. The molecule has 19 heavy (non-hydrogen) atoms. The molecule has 0 aliphatic carbocycles. The summed E-state index contributed by atoms with van der Waals surface area (Å²) < 4.78 is 0. The first-order valence-electron chi connectivity index (χ1n) is 6.17. The van der Waals surface area contributed by atoms with E-state index >= 15 is 0 Å².